The molecule has 4 nitrogen and oxygen atoms in total. The Hall–Kier alpha value is -0.610. The largest absolute Gasteiger partial charge is 0.356 e. The van der Waals surface area contributed by atoms with Crippen molar-refractivity contribution in [1.29, 1.82) is 0 Å². The topological polar surface area (TPSA) is 44.4 Å². The van der Waals surface area contributed by atoms with Gasteiger partial charge in [0.2, 0.25) is 5.91 Å². The predicted molar refractivity (Wildman–Crippen MR) is 73.4 cm³/mol. The number of hydrogen-bond acceptors (Lipinski definition) is 3. The number of piperidine rings is 1. The lowest BCUT2D eigenvalue weighted by atomic mass is 9.95. The number of hydrogen-bond donors (Lipinski definition) is 2. The zero-order valence-corrected chi connectivity index (χ0v) is 11.8. The van der Waals surface area contributed by atoms with Crippen LogP contribution in [0.3, 0.4) is 0 Å². The molecular weight excluding hydrogens is 226 g/mol. The van der Waals surface area contributed by atoms with Crippen LogP contribution in [0.15, 0.2) is 0 Å². The fourth-order valence-electron chi connectivity index (χ4n) is 3.06. The van der Waals surface area contributed by atoms with Gasteiger partial charge in [-0.1, -0.05) is 0 Å². The van der Waals surface area contributed by atoms with Gasteiger partial charge in [0, 0.05) is 19.6 Å². The van der Waals surface area contributed by atoms with E-state index in [1.54, 1.807) is 0 Å². The number of amides is 1. The molecule has 1 atom stereocenters. The Morgan fingerprint density at radius 3 is 2.83 bits per heavy atom. The first-order valence-corrected chi connectivity index (χ1v) is 7.28. The summed E-state index contributed by atoms with van der Waals surface area (Å²) in [4.78, 5) is 14.5. The van der Waals surface area contributed by atoms with Crippen LogP contribution >= 0.6 is 0 Å². The van der Waals surface area contributed by atoms with Gasteiger partial charge in [0.25, 0.3) is 0 Å². The number of carbonyl (C=O) groups is 1. The maximum atomic E-state index is 12.1. The minimum atomic E-state index is -0.0713. The summed E-state index contributed by atoms with van der Waals surface area (Å²) in [6.45, 7) is 4.10. The van der Waals surface area contributed by atoms with Gasteiger partial charge >= 0.3 is 0 Å². The van der Waals surface area contributed by atoms with Gasteiger partial charge in [0.1, 0.15) is 0 Å². The zero-order chi connectivity index (χ0) is 13.0. The molecule has 1 unspecified atom stereocenters. The summed E-state index contributed by atoms with van der Waals surface area (Å²) >= 11 is 0. The van der Waals surface area contributed by atoms with Gasteiger partial charge in [-0.25, -0.2) is 0 Å². The predicted octanol–water partition coefficient (Wildman–Crippen LogP) is 0.834. The third-order valence-electron chi connectivity index (χ3n) is 4.41. The van der Waals surface area contributed by atoms with Crippen LogP contribution in [-0.4, -0.2) is 51.1 Å². The van der Waals surface area contributed by atoms with E-state index in [2.05, 4.69) is 22.6 Å². The van der Waals surface area contributed by atoms with E-state index in [0.29, 0.717) is 0 Å². The third kappa shape index (κ3) is 3.45. The van der Waals surface area contributed by atoms with Crippen LogP contribution in [0, 0.1) is 11.3 Å². The van der Waals surface area contributed by atoms with Crippen LogP contribution in [0.2, 0.25) is 0 Å². The van der Waals surface area contributed by atoms with Crippen molar-refractivity contribution in [3.63, 3.8) is 0 Å². The lowest BCUT2D eigenvalue weighted by Gasteiger charge is -2.29. The smallest absolute Gasteiger partial charge is 0.227 e. The summed E-state index contributed by atoms with van der Waals surface area (Å²) in [6, 6.07) is 0. The van der Waals surface area contributed by atoms with E-state index < -0.39 is 0 Å². The van der Waals surface area contributed by atoms with E-state index in [9.17, 15) is 4.79 Å². The van der Waals surface area contributed by atoms with Gasteiger partial charge in [-0.05, 0) is 58.7 Å². The molecule has 0 aromatic carbocycles. The van der Waals surface area contributed by atoms with E-state index in [0.717, 1.165) is 38.3 Å². The summed E-state index contributed by atoms with van der Waals surface area (Å²) < 4.78 is 0. The molecule has 1 aliphatic heterocycles. The van der Waals surface area contributed by atoms with E-state index in [-0.39, 0.29) is 11.3 Å². The van der Waals surface area contributed by atoms with E-state index in [1.165, 1.54) is 25.9 Å². The Kier molecular flexibility index (Phi) is 4.62. The molecule has 1 aliphatic carbocycles. The van der Waals surface area contributed by atoms with Crippen molar-refractivity contribution in [3.8, 4) is 0 Å². The van der Waals surface area contributed by atoms with Crippen molar-refractivity contribution < 1.29 is 4.79 Å². The van der Waals surface area contributed by atoms with Gasteiger partial charge in [0.05, 0.1) is 5.41 Å². The molecule has 2 aliphatic rings. The molecule has 2 N–H and O–H groups in total. The lowest BCUT2D eigenvalue weighted by molar-refractivity contribution is -0.126. The summed E-state index contributed by atoms with van der Waals surface area (Å²) in [5.74, 6) is 1.03. The molecule has 18 heavy (non-hydrogen) atoms. The molecule has 2 rings (SSSR count). The number of likely N-dealkylation sites (tertiary alicyclic amines) is 1. The Balaban J connectivity index is 1.64. The molecule has 2 fully saturated rings. The van der Waals surface area contributed by atoms with Crippen molar-refractivity contribution in [2.75, 3.05) is 40.3 Å². The minimum Gasteiger partial charge on any atom is -0.356 e. The molecular formula is C14H27N3O. The molecule has 1 saturated heterocycles. The molecule has 4 heteroatoms. The Morgan fingerprint density at radius 2 is 2.22 bits per heavy atom. The molecule has 0 aromatic heterocycles. The van der Waals surface area contributed by atoms with Crippen LogP contribution in [0.1, 0.15) is 32.1 Å². The average Bonchev–Trinajstić information content (AvgIpc) is 3.11. The fraction of sp³-hybridized carbons (Fsp3) is 0.929. The SMILES string of the molecule is CNCC1(C(=O)NCCC2CCCN(C)C2)CC1. The highest BCUT2D eigenvalue weighted by Crippen LogP contribution is 2.45. The van der Waals surface area contributed by atoms with Crippen molar-refractivity contribution in [2.45, 2.75) is 32.1 Å². The summed E-state index contributed by atoms with van der Waals surface area (Å²) in [5, 5.41) is 6.26. The first-order chi connectivity index (χ1) is 8.66. The number of nitrogens with one attached hydrogen (secondary N) is 2. The van der Waals surface area contributed by atoms with Crippen LogP contribution < -0.4 is 10.6 Å². The number of nitrogens with zero attached hydrogens (tertiary/aromatic N) is 1. The number of carbonyl (C=O) groups excluding carboxylic acids is 1. The van der Waals surface area contributed by atoms with E-state index in [1.807, 2.05) is 7.05 Å². The average molecular weight is 253 g/mol. The van der Waals surface area contributed by atoms with E-state index >= 15 is 0 Å². The Morgan fingerprint density at radius 1 is 1.44 bits per heavy atom. The van der Waals surface area contributed by atoms with Gasteiger partial charge in [-0.3, -0.25) is 4.79 Å². The highest BCUT2D eigenvalue weighted by Gasteiger charge is 2.48. The fourth-order valence-corrected chi connectivity index (χ4v) is 3.06. The second-order valence-electron chi connectivity index (χ2n) is 6.13. The van der Waals surface area contributed by atoms with Crippen LogP contribution in [0.4, 0.5) is 0 Å². The monoisotopic (exact) mass is 253 g/mol. The maximum absolute atomic E-state index is 12.1. The van der Waals surface area contributed by atoms with Gasteiger partial charge in [0.15, 0.2) is 0 Å². The molecule has 1 saturated carbocycles. The molecule has 104 valence electrons. The van der Waals surface area contributed by atoms with Gasteiger partial charge in [-0.15, -0.1) is 0 Å². The Bertz CT molecular complexity index is 289. The molecule has 0 spiro atoms. The lowest BCUT2D eigenvalue weighted by Crippen LogP contribution is -2.39. The van der Waals surface area contributed by atoms with Gasteiger partial charge in [-0.2, -0.15) is 0 Å². The van der Waals surface area contributed by atoms with Crippen LogP contribution in [0.5, 0.6) is 0 Å². The molecule has 1 heterocycles. The summed E-state index contributed by atoms with van der Waals surface area (Å²) in [7, 11) is 4.11. The first kappa shape index (κ1) is 13.8. The van der Waals surface area contributed by atoms with Crippen molar-refractivity contribution >= 4 is 5.91 Å². The van der Waals surface area contributed by atoms with Gasteiger partial charge < -0.3 is 15.5 Å². The normalized spacial score (nSPS) is 26.9. The second-order valence-corrected chi connectivity index (χ2v) is 6.13. The van der Waals surface area contributed by atoms with Crippen molar-refractivity contribution in [3.05, 3.63) is 0 Å². The van der Waals surface area contributed by atoms with Crippen LogP contribution in [0.25, 0.3) is 0 Å². The quantitative estimate of drug-likeness (QED) is 0.737. The molecule has 0 radical (unpaired) electrons. The molecule has 1 amide bonds. The van der Waals surface area contributed by atoms with Crippen LogP contribution in [-0.2, 0) is 4.79 Å². The minimum absolute atomic E-state index is 0.0713. The Labute approximate surface area is 110 Å². The zero-order valence-electron chi connectivity index (χ0n) is 11.8. The standard InChI is InChI=1S/C14H27N3O/c1-15-11-14(6-7-14)13(18)16-8-5-12-4-3-9-17(2)10-12/h12,15H,3-11H2,1-2H3,(H,16,18). The highest BCUT2D eigenvalue weighted by molar-refractivity contribution is 5.85. The summed E-state index contributed by atoms with van der Waals surface area (Å²) in [5.41, 5.74) is -0.0713. The van der Waals surface area contributed by atoms with Crippen molar-refractivity contribution in [1.82, 2.24) is 15.5 Å². The van der Waals surface area contributed by atoms with Crippen molar-refractivity contribution in [2.24, 2.45) is 11.3 Å². The molecule has 0 bridgehead atoms. The second kappa shape index (κ2) is 6.02. The first-order valence-electron chi connectivity index (χ1n) is 7.28. The number of rotatable bonds is 6. The highest BCUT2D eigenvalue weighted by atomic mass is 16.2. The maximum Gasteiger partial charge on any atom is 0.227 e. The molecule has 0 aromatic rings. The van der Waals surface area contributed by atoms with E-state index in [4.69, 9.17) is 0 Å². The third-order valence-corrected chi connectivity index (χ3v) is 4.41. The summed E-state index contributed by atoms with van der Waals surface area (Å²) in [6.07, 6.45) is 5.85.